The van der Waals surface area contributed by atoms with Gasteiger partial charge in [0.2, 0.25) is 5.91 Å². The summed E-state index contributed by atoms with van der Waals surface area (Å²) in [5.74, 6) is -2.25. The first-order valence-electron chi connectivity index (χ1n) is 15.1. The van der Waals surface area contributed by atoms with E-state index in [1.165, 1.54) is 40.6 Å². The van der Waals surface area contributed by atoms with Crippen LogP contribution in [0.5, 0.6) is 0 Å². The van der Waals surface area contributed by atoms with Gasteiger partial charge in [0.1, 0.15) is 5.82 Å². The van der Waals surface area contributed by atoms with Gasteiger partial charge in [-0.05, 0) is 57.5 Å². The van der Waals surface area contributed by atoms with Gasteiger partial charge in [0.05, 0.1) is 21.7 Å². The van der Waals surface area contributed by atoms with Crippen molar-refractivity contribution < 1.29 is 32.1 Å². The number of benzene rings is 1. The monoisotopic (exact) mass is 719 g/mol. The van der Waals surface area contributed by atoms with Crippen LogP contribution in [0.4, 0.5) is 5.82 Å². The minimum atomic E-state index is -4.02. The van der Waals surface area contributed by atoms with E-state index in [9.17, 15) is 27.6 Å². The third kappa shape index (κ3) is 10.0. The second-order valence-electron chi connectivity index (χ2n) is 11.9. The van der Waals surface area contributed by atoms with Crippen molar-refractivity contribution in [2.45, 2.75) is 56.1 Å². The van der Waals surface area contributed by atoms with E-state index in [1.54, 1.807) is 32.3 Å². The van der Waals surface area contributed by atoms with E-state index in [1.807, 2.05) is 14.0 Å². The zero-order chi connectivity index (χ0) is 35.2. The standard InChI is InChI=1S/C24H30ClN7O4S.C7H8O3S/c1-31(2)24(36)13-4-6-15(27-20(33)21(34)30-19-7-5-14(25)11-26-19)17(10-13)28-22(35)23-29-16-8-9-32(3)12-18(16)37-23;1-6-2-4-7(5-3-6)11(8,9)10/h5,7,11,13,15,17H,4,6,8-10,12H2,1-3H3,(H,27,33)(H,28,35)(H,26,30,34);2-5H,1H3,(H,8,9,10)/t13-,15+,17-;/m0./s1. The predicted octanol–water partition coefficient (Wildman–Crippen LogP) is 2.53. The molecule has 1 saturated carbocycles. The molecular weight excluding hydrogens is 682 g/mol. The van der Waals surface area contributed by atoms with Gasteiger partial charge in [-0.3, -0.25) is 23.7 Å². The molecule has 3 aromatic rings. The van der Waals surface area contributed by atoms with Crippen LogP contribution in [0, 0.1) is 12.8 Å². The minimum absolute atomic E-state index is 0.0386. The number of thiazole rings is 1. The van der Waals surface area contributed by atoms with Crippen LogP contribution < -0.4 is 16.0 Å². The minimum Gasteiger partial charge on any atom is -0.349 e. The Morgan fingerprint density at radius 2 is 1.73 bits per heavy atom. The average Bonchev–Trinajstić information content (AvgIpc) is 3.46. The lowest BCUT2D eigenvalue weighted by atomic mass is 9.81. The Labute approximate surface area is 288 Å². The van der Waals surface area contributed by atoms with Crippen molar-refractivity contribution in [3.8, 4) is 0 Å². The molecule has 258 valence electrons. The lowest BCUT2D eigenvalue weighted by Gasteiger charge is -2.37. The number of anilines is 1. The number of nitrogens with zero attached hydrogens (tertiary/aromatic N) is 4. The van der Waals surface area contributed by atoms with Crippen molar-refractivity contribution in [2.24, 2.45) is 5.92 Å². The van der Waals surface area contributed by atoms with Crippen molar-refractivity contribution in [1.29, 1.82) is 0 Å². The summed E-state index contributed by atoms with van der Waals surface area (Å²) in [4.78, 5) is 64.2. The zero-order valence-electron chi connectivity index (χ0n) is 26.9. The topological polar surface area (TPSA) is 191 Å². The molecule has 0 spiro atoms. The van der Waals surface area contributed by atoms with E-state index < -0.39 is 34.0 Å². The Balaban J connectivity index is 0.000000401. The molecule has 14 nitrogen and oxygen atoms in total. The summed E-state index contributed by atoms with van der Waals surface area (Å²) in [7, 11) is 1.39. The molecule has 0 bridgehead atoms. The SMILES string of the molecule is CN1CCc2nc(C(=O)N[C@H]3C[C@@H](C(=O)N(C)C)CC[C@H]3NC(=O)C(=O)Nc3ccc(Cl)cn3)sc2C1.Cc1ccc(S(=O)(=O)O)cc1. The summed E-state index contributed by atoms with van der Waals surface area (Å²) >= 11 is 7.17. The quantitative estimate of drug-likeness (QED) is 0.218. The van der Waals surface area contributed by atoms with Crippen LogP contribution in [0.25, 0.3) is 0 Å². The molecule has 1 aliphatic heterocycles. The Morgan fingerprint density at radius 3 is 2.35 bits per heavy atom. The van der Waals surface area contributed by atoms with Crippen LogP contribution in [-0.2, 0) is 37.5 Å². The Morgan fingerprint density at radius 1 is 1.02 bits per heavy atom. The largest absolute Gasteiger partial charge is 0.349 e. The lowest BCUT2D eigenvalue weighted by molar-refractivity contribution is -0.137. The van der Waals surface area contributed by atoms with E-state index in [2.05, 4.69) is 30.8 Å². The number of carbonyl (C=O) groups is 4. The molecule has 3 heterocycles. The van der Waals surface area contributed by atoms with Crippen LogP contribution in [-0.4, -0.2) is 96.1 Å². The molecule has 1 aromatic carbocycles. The molecule has 3 atom stereocenters. The van der Waals surface area contributed by atoms with Crippen LogP contribution in [0.1, 0.15) is 45.2 Å². The summed E-state index contributed by atoms with van der Waals surface area (Å²) < 4.78 is 29.6. The van der Waals surface area contributed by atoms with Crippen LogP contribution in [0.3, 0.4) is 0 Å². The first-order chi connectivity index (χ1) is 22.6. The molecule has 4 N–H and O–H groups in total. The Bertz CT molecular complexity index is 1750. The van der Waals surface area contributed by atoms with Crippen molar-refractivity contribution in [3.63, 3.8) is 0 Å². The fraction of sp³-hybridized carbons (Fsp3) is 0.419. The summed E-state index contributed by atoms with van der Waals surface area (Å²) in [5.41, 5.74) is 1.90. The highest BCUT2D eigenvalue weighted by Gasteiger charge is 2.37. The Kier molecular flexibility index (Phi) is 12.3. The van der Waals surface area contributed by atoms with E-state index in [0.29, 0.717) is 29.3 Å². The van der Waals surface area contributed by atoms with Crippen molar-refractivity contribution in [1.82, 2.24) is 30.4 Å². The van der Waals surface area contributed by atoms with Gasteiger partial charge >= 0.3 is 11.8 Å². The normalized spacial score (nSPS) is 19.2. The second-order valence-corrected chi connectivity index (χ2v) is 14.8. The fourth-order valence-corrected chi connectivity index (χ4v) is 6.99. The van der Waals surface area contributed by atoms with Gasteiger partial charge in [0.15, 0.2) is 5.01 Å². The third-order valence-electron chi connectivity index (χ3n) is 7.88. The molecular formula is C31H38ClN7O7S2. The van der Waals surface area contributed by atoms with Gasteiger partial charge in [0, 0.05) is 56.6 Å². The number of carbonyl (C=O) groups excluding carboxylic acids is 4. The second kappa shape index (κ2) is 16.0. The summed E-state index contributed by atoms with van der Waals surface area (Å²) in [6.45, 7) is 3.48. The molecule has 0 radical (unpaired) electrons. The van der Waals surface area contributed by atoms with Gasteiger partial charge in [-0.25, -0.2) is 9.97 Å². The lowest BCUT2D eigenvalue weighted by Crippen LogP contribution is -2.57. The number of hydrogen-bond acceptors (Lipinski definition) is 10. The highest BCUT2D eigenvalue weighted by atomic mass is 35.5. The number of amides is 4. The molecule has 17 heteroatoms. The first kappa shape index (κ1) is 36.9. The molecule has 5 rings (SSSR count). The maximum atomic E-state index is 13.2. The third-order valence-corrected chi connectivity index (χ3v) is 10.1. The number of halogens is 1. The number of fused-ring (bicyclic) bond motifs is 1. The molecule has 48 heavy (non-hydrogen) atoms. The molecule has 1 fully saturated rings. The molecule has 2 aliphatic rings. The van der Waals surface area contributed by atoms with Crippen molar-refractivity contribution >= 4 is 62.5 Å². The van der Waals surface area contributed by atoms with Gasteiger partial charge < -0.3 is 25.8 Å². The van der Waals surface area contributed by atoms with Crippen LogP contribution >= 0.6 is 22.9 Å². The van der Waals surface area contributed by atoms with Gasteiger partial charge in [0.25, 0.3) is 16.0 Å². The molecule has 0 saturated heterocycles. The summed E-state index contributed by atoms with van der Waals surface area (Å²) in [6.07, 6.45) is 3.42. The van der Waals surface area contributed by atoms with Crippen LogP contribution in [0.15, 0.2) is 47.5 Å². The number of nitrogens with one attached hydrogen (secondary N) is 3. The smallest absolute Gasteiger partial charge is 0.314 e. The number of rotatable bonds is 6. The van der Waals surface area contributed by atoms with Crippen LogP contribution in [0.2, 0.25) is 5.02 Å². The van der Waals surface area contributed by atoms with Gasteiger partial charge in [-0.2, -0.15) is 8.42 Å². The van der Waals surface area contributed by atoms with E-state index in [0.717, 1.165) is 35.6 Å². The fourth-order valence-electron chi connectivity index (χ4n) is 5.31. The maximum absolute atomic E-state index is 13.2. The number of likely N-dealkylation sites (N-methyl/N-ethyl adjacent to an activating group) is 1. The number of hydrogen-bond donors (Lipinski definition) is 4. The Hall–Kier alpha value is -3.96. The van der Waals surface area contributed by atoms with Crippen molar-refractivity contribution in [3.05, 3.63) is 68.8 Å². The highest BCUT2D eigenvalue weighted by molar-refractivity contribution is 7.85. The van der Waals surface area contributed by atoms with E-state index in [4.69, 9.17) is 16.2 Å². The molecule has 4 amide bonds. The van der Waals surface area contributed by atoms with Gasteiger partial charge in [-0.15, -0.1) is 11.3 Å². The van der Waals surface area contributed by atoms with E-state index in [-0.39, 0.29) is 28.4 Å². The number of aromatic nitrogens is 2. The molecule has 0 unspecified atom stereocenters. The summed E-state index contributed by atoms with van der Waals surface area (Å²) in [5, 5.41) is 8.91. The molecule has 2 aromatic heterocycles. The predicted molar refractivity (Wildman–Crippen MR) is 180 cm³/mol. The average molecular weight is 720 g/mol. The maximum Gasteiger partial charge on any atom is 0.314 e. The summed E-state index contributed by atoms with van der Waals surface area (Å²) in [6, 6.07) is 7.93. The highest BCUT2D eigenvalue weighted by Crippen LogP contribution is 2.28. The number of pyridine rings is 1. The molecule has 1 aliphatic carbocycles. The van der Waals surface area contributed by atoms with E-state index >= 15 is 0 Å². The zero-order valence-corrected chi connectivity index (χ0v) is 29.3. The van der Waals surface area contributed by atoms with Crippen molar-refractivity contribution in [2.75, 3.05) is 33.0 Å². The van der Waals surface area contributed by atoms with Gasteiger partial charge in [-0.1, -0.05) is 29.3 Å². The first-order valence-corrected chi connectivity index (χ1v) is 17.7. The number of aryl methyl sites for hydroxylation is 1.